The molecule has 1 aliphatic heterocycles. The predicted molar refractivity (Wildman–Crippen MR) is 135 cm³/mol. The topological polar surface area (TPSA) is 116 Å². The van der Waals surface area contributed by atoms with Crippen LogP contribution in [0.2, 0.25) is 5.02 Å². The maximum atomic E-state index is 12.6. The molecule has 2 amide bonds. The van der Waals surface area contributed by atoms with Gasteiger partial charge in [0.1, 0.15) is 5.75 Å². The molecule has 0 saturated carbocycles. The smallest absolute Gasteiger partial charge is 0.255 e. The van der Waals surface area contributed by atoms with Crippen LogP contribution in [0.15, 0.2) is 66.9 Å². The van der Waals surface area contributed by atoms with Crippen LogP contribution in [0.3, 0.4) is 0 Å². The van der Waals surface area contributed by atoms with Gasteiger partial charge < -0.3 is 21.1 Å². The summed E-state index contributed by atoms with van der Waals surface area (Å²) in [7, 11) is 0. The minimum atomic E-state index is -0.342. The number of rotatable bonds is 4. The van der Waals surface area contributed by atoms with E-state index in [1.54, 1.807) is 54.7 Å². The van der Waals surface area contributed by atoms with Crippen molar-refractivity contribution >= 4 is 46.4 Å². The number of benzene rings is 3. The molecule has 0 aliphatic carbocycles. The first-order valence-corrected chi connectivity index (χ1v) is 11.2. The predicted octanol–water partition coefficient (Wildman–Crippen LogP) is 5.30. The second-order valence-corrected chi connectivity index (χ2v) is 8.60. The lowest BCUT2D eigenvalue weighted by Gasteiger charge is -2.11. The highest BCUT2D eigenvalue weighted by Crippen LogP contribution is 2.35. The molecule has 3 aromatic carbocycles. The number of hydrogen-bond donors (Lipinski definition) is 4. The molecular formula is C26H20ClN5O3. The van der Waals surface area contributed by atoms with E-state index in [0.717, 1.165) is 11.1 Å². The number of anilines is 4. The molecule has 1 aromatic heterocycles. The molecule has 0 saturated heterocycles. The summed E-state index contributed by atoms with van der Waals surface area (Å²) in [5.74, 6) is -0.153. The van der Waals surface area contributed by atoms with Crippen molar-refractivity contribution in [3.8, 4) is 17.0 Å². The van der Waals surface area contributed by atoms with Crippen LogP contribution in [-0.4, -0.2) is 26.9 Å². The Kier molecular flexibility index (Phi) is 5.80. The SMILES string of the molecule is Cc1ccc(O)c(NC(=O)c2ccc(Nc3ncc4c(n3)-c3ccc(Cl)cc3NC(=O)C4)cc2)c1. The third-order valence-corrected chi connectivity index (χ3v) is 5.76. The molecule has 4 aromatic rings. The minimum Gasteiger partial charge on any atom is -0.506 e. The van der Waals surface area contributed by atoms with Crippen molar-refractivity contribution in [1.29, 1.82) is 0 Å². The number of halogens is 1. The Hall–Kier alpha value is -4.43. The van der Waals surface area contributed by atoms with Crippen molar-refractivity contribution in [2.24, 2.45) is 0 Å². The van der Waals surface area contributed by atoms with Gasteiger partial charge in [-0.1, -0.05) is 17.7 Å². The van der Waals surface area contributed by atoms with Gasteiger partial charge in [0.25, 0.3) is 5.91 Å². The number of carbonyl (C=O) groups is 2. The van der Waals surface area contributed by atoms with Gasteiger partial charge in [-0.2, -0.15) is 0 Å². The van der Waals surface area contributed by atoms with Crippen LogP contribution in [0.5, 0.6) is 5.75 Å². The van der Waals surface area contributed by atoms with Gasteiger partial charge in [-0.15, -0.1) is 0 Å². The molecule has 0 unspecified atom stereocenters. The molecule has 9 heteroatoms. The maximum absolute atomic E-state index is 12.6. The zero-order chi connectivity index (χ0) is 24.5. The zero-order valence-electron chi connectivity index (χ0n) is 18.6. The molecule has 0 bridgehead atoms. The number of phenols is 1. The standard InChI is InChI=1S/C26H20ClN5O3/c1-14-2-9-22(33)21(10-14)31-25(35)15-3-6-18(7-4-15)29-26-28-13-16-11-23(34)30-20-12-17(27)5-8-19(20)24(16)32-26/h2-10,12-13,33H,11H2,1H3,(H,30,34)(H,31,35)(H,28,29,32). The lowest BCUT2D eigenvalue weighted by molar-refractivity contribution is -0.115. The Morgan fingerprint density at radius 2 is 1.89 bits per heavy atom. The lowest BCUT2D eigenvalue weighted by atomic mass is 10.1. The van der Waals surface area contributed by atoms with Crippen molar-refractivity contribution in [3.05, 3.63) is 88.6 Å². The molecular weight excluding hydrogens is 466 g/mol. The Morgan fingerprint density at radius 1 is 1.09 bits per heavy atom. The Labute approximate surface area is 206 Å². The molecule has 8 nitrogen and oxygen atoms in total. The molecule has 5 rings (SSSR count). The number of carbonyl (C=O) groups excluding carboxylic acids is 2. The van der Waals surface area contributed by atoms with Gasteiger partial charge in [0.05, 0.1) is 23.5 Å². The van der Waals surface area contributed by atoms with Crippen LogP contribution in [0.25, 0.3) is 11.3 Å². The van der Waals surface area contributed by atoms with Gasteiger partial charge in [0.2, 0.25) is 11.9 Å². The quantitative estimate of drug-likeness (QED) is 0.291. The molecule has 2 heterocycles. The third kappa shape index (κ3) is 4.78. The highest BCUT2D eigenvalue weighted by Gasteiger charge is 2.21. The lowest BCUT2D eigenvalue weighted by Crippen LogP contribution is -2.13. The number of aromatic hydroxyl groups is 1. The number of nitrogens with zero attached hydrogens (tertiary/aromatic N) is 2. The first kappa shape index (κ1) is 22.4. The molecule has 4 N–H and O–H groups in total. The van der Waals surface area contributed by atoms with Crippen molar-refractivity contribution in [3.63, 3.8) is 0 Å². The number of amides is 2. The second-order valence-electron chi connectivity index (χ2n) is 8.16. The van der Waals surface area contributed by atoms with E-state index >= 15 is 0 Å². The third-order valence-electron chi connectivity index (χ3n) is 5.53. The van der Waals surface area contributed by atoms with Crippen molar-refractivity contribution in [1.82, 2.24) is 9.97 Å². The van der Waals surface area contributed by atoms with Crippen LogP contribution < -0.4 is 16.0 Å². The summed E-state index contributed by atoms with van der Waals surface area (Å²) in [5, 5.41) is 19.2. The molecule has 0 spiro atoms. The van der Waals surface area contributed by atoms with Crippen molar-refractivity contribution in [2.75, 3.05) is 16.0 Å². The summed E-state index contributed by atoms with van der Waals surface area (Å²) in [6, 6.07) is 17.1. The van der Waals surface area contributed by atoms with Gasteiger partial charge >= 0.3 is 0 Å². The van der Waals surface area contributed by atoms with Gasteiger partial charge in [-0.3, -0.25) is 9.59 Å². The van der Waals surface area contributed by atoms with E-state index in [1.165, 1.54) is 6.07 Å². The Balaban J connectivity index is 1.36. The normalized spacial score (nSPS) is 12.1. The van der Waals surface area contributed by atoms with E-state index in [-0.39, 0.29) is 24.0 Å². The molecule has 0 radical (unpaired) electrons. The van der Waals surface area contributed by atoms with E-state index in [1.807, 2.05) is 13.0 Å². The number of aryl methyl sites for hydroxylation is 1. The largest absolute Gasteiger partial charge is 0.506 e. The van der Waals surface area contributed by atoms with E-state index in [9.17, 15) is 14.7 Å². The number of hydrogen-bond acceptors (Lipinski definition) is 6. The fraction of sp³-hybridized carbons (Fsp3) is 0.0769. The summed E-state index contributed by atoms with van der Waals surface area (Å²) < 4.78 is 0. The van der Waals surface area contributed by atoms with Crippen LogP contribution in [0.1, 0.15) is 21.5 Å². The molecule has 174 valence electrons. The van der Waals surface area contributed by atoms with Gasteiger partial charge in [0.15, 0.2) is 0 Å². The average molecular weight is 486 g/mol. The minimum absolute atomic E-state index is 0.00309. The van der Waals surface area contributed by atoms with Crippen LogP contribution in [0.4, 0.5) is 23.0 Å². The number of aromatic nitrogens is 2. The fourth-order valence-electron chi connectivity index (χ4n) is 3.80. The fourth-order valence-corrected chi connectivity index (χ4v) is 3.97. The monoisotopic (exact) mass is 485 g/mol. The van der Waals surface area contributed by atoms with E-state index in [4.69, 9.17) is 11.6 Å². The summed E-state index contributed by atoms with van der Waals surface area (Å²) >= 11 is 6.10. The summed E-state index contributed by atoms with van der Waals surface area (Å²) in [5.41, 5.74) is 5.08. The molecule has 0 fully saturated rings. The number of phenolic OH excluding ortho intramolecular Hbond substituents is 1. The maximum Gasteiger partial charge on any atom is 0.255 e. The van der Waals surface area contributed by atoms with Gasteiger partial charge in [0, 0.05) is 33.6 Å². The van der Waals surface area contributed by atoms with Crippen molar-refractivity contribution < 1.29 is 14.7 Å². The van der Waals surface area contributed by atoms with Gasteiger partial charge in [-0.05, 0) is 67.1 Å². The number of nitrogens with one attached hydrogen (secondary N) is 3. The van der Waals surface area contributed by atoms with E-state index in [0.29, 0.717) is 44.9 Å². The summed E-state index contributed by atoms with van der Waals surface area (Å²) in [6.45, 7) is 1.88. The van der Waals surface area contributed by atoms with Crippen LogP contribution in [0, 0.1) is 6.92 Å². The van der Waals surface area contributed by atoms with E-state index < -0.39 is 0 Å². The van der Waals surface area contributed by atoms with Crippen LogP contribution >= 0.6 is 11.6 Å². The van der Waals surface area contributed by atoms with Crippen LogP contribution in [-0.2, 0) is 11.2 Å². The average Bonchev–Trinajstić information content (AvgIpc) is 2.96. The summed E-state index contributed by atoms with van der Waals surface area (Å²) in [4.78, 5) is 33.8. The molecule has 0 atom stereocenters. The van der Waals surface area contributed by atoms with Crippen molar-refractivity contribution in [2.45, 2.75) is 13.3 Å². The highest BCUT2D eigenvalue weighted by molar-refractivity contribution is 6.31. The van der Waals surface area contributed by atoms with E-state index in [2.05, 4.69) is 25.9 Å². The second kappa shape index (κ2) is 9.08. The number of fused-ring (bicyclic) bond motifs is 3. The highest BCUT2D eigenvalue weighted by atomic mass is 35.5. The summed E-state index contributed by atoms with van der Waals surface area (Å²) in [6.07, 6.45) is 1.78. The zero-order valence-corrected chi connectivity index (χ0v) is 19.3. The first-order chi connectivity index (χ1) is 16.9. The Morgan fingerprint density at radius 3 is 2.69 bits per heavy atom. The Bertz CT molecular complexity index is 1470. The molecule has 1 aliphatic rings. The van der Waals surface area contributed by atoms with Gasteiger partial charge in [-0.25, -0.2) is 9.97 Å². The molecule has 35 heavy (non-hydrogen) atoms. The first-order valence-electron chi connectivity index (χ1n) is 10.8.